The van der Waals surface area contributed by atoms with Gasteiger partial charge in [-0.2, -0.15) is 0 Å². The van der Waals surface area contributed by atoms with Crippen LogP contribution in [0.1, 0.15) is 21.9 Å². The van der Waals surface area contributed by atoms with Crippen LogP contribution in [-0.2, 0) is 4.79 Å². The summed E-state index contributed by atoms with van der Waals surface area (Å²) in [5.74, 6) is 0.149. The predicted octanol–water partition coefficient (Wildman–Crippen LogP) is 3.08. The van der Waals surface area contributed by atoms with E-state index in [9.17, 15) is 9.59 Å². The second kappa shape index (κ2) is 8.80. The fourth-order valence-corrected chi connectivity index (χ4v) is 5.08. The van der Waals surface area contributed by atoms with E-state index in [0.29, 0.717) is 31.1 Å². The van der Waals surface area contributed by atoms with Gasteiger partial charge in [-0.15, -0.1) is 11.3 Å². The Balaban J connectivity index is 1.24. The summed E-state index contributed by atoms with van der Waals surface area (Å²) in [6.07, 6.45) is 2.17. The van der Waals surface area contributed by atoms with Gasteiger partial charge >= 0.3 is 0 Å². The Kier molecular flexibility index (Phi) is 5.71. The van der Waals surface area contributed by atoms with Crippen LogP contribution in [0.5, 0.6) is 0 Å². The van der Waals surface area contributed by atoms with E-state index in [4.69, 9.17) is 0 Å². The smallest absolute Gasteiger partial charge is 0.282 e. The van der Waals surface area contributed by atoms with Gasteiger partial charge in [0.05, 0.1) is 5.69 Å². The van der Waals surface area contributed by atoms with Crippen molar-refractivity contribution in [3.63, 3.8) is 0 Å². The first kappa shape index (κ1) is 20.8. The van der Waals surface area contributed by atoms with Crippen LogP contribution in [0.2, 0.25) is 0 Å². The van der Waals surface area contributed by atoms with Crippen molar-refractivity contribution < 1.29 is 9.59 Å². The van der Waals surface area contributed by atoms with Gasteiger partial charge in [-0.1, -0.05) is 18.2 Å². The number of rotatable bonds is 4. The number of carbonyl (C=O) groups excluding carboxylic acids is 2. The Bertz CT molecular complexity index is 1120. The van der Waals surface area contributed by atoms with E-state index >= 15 is 0 Å². The number of amides is 2. The van der Waals surface area contributed by atoms with Crippen molar-refractivity contribution in [2.24, 2.45) is 0 Å². The molecule has 5 rings (SSSR count). The van der Waals surface area contributed by atoms with E-state index in [-0.39, 0.29) is 17.9 Å². The number of pyridine rings is 1. The van der Waals surface area contributed by atoms with E-state index in [1.165, 1.54) is 11.3 Å². The number of aryl methyl sites for hydroxylation is 1. The maximum atomic E-state index is 12.9. The van der Waals surface area contributed by atoms with Crippen LogP contribution >= 0.6 is 11.3 Å². The average molecular weight is 448 g/mol. The van der Waals surface area contributed by atoms with Crippen LogP contribution in [0.25, 0.3) is 11.3 Å². The predicted molar refractivity (Wildman–Crippen MR) is 125 cm³/mol. The molecule has 8 heteroatoms. The van der Waals surface area contributed by atoms with Crippen molar-refractivity contribution in [1.29, 1.82) is 0 Å². The number of hydrogen-bond acceptors (Lipinski definition) is 6. The summed E-state index contributed by atoms with van der Waals surface area (Å²) < 4.78 is 0. The highest BCUT2D eigenvalue weighted by Gasteiger charge is 2.36. The molecule has 0 saturated carbocycles. The zero-order valence-electron chi connectivity index (χ0n) is 18.0. The Hall–Kier alpha value is -3.10. The van der Waals surface area contributed by atoms with Crippen molar-refractivity contribution in [2.75, 3.05) is 37.6 Å². The van der Waals surface area contributed by atoms with E-state index in [0.717, 1.165) is 35.7 Å². The summed E-state index contributed by atoms with van der Waals surface area (Å²) in [5.41, 5.74) is 3.81. The lowest BCUT2D eigenvalue weighted by molar-refractivity contribution is -0.117. The molecule has 1 atom stereocenters. The molecule has 2 fully saturated rings. The van der Waals surface area contributed by atoms with Crippen LogP contribution in [0.3, 0.4) is 0 Å². The molecule has 1 unspecified atom stereocenters. The average Bonchev–Trinajstić information content (AvgIpc) is 3.49. The molecule has 7 nitrogen and oxygen atoms in total. The Morgan fingerprint density at radius 1 is 1.09 bits per heavy atom. The Labute approximate surface area is 191 Å². The molecule has 1 aromatic carbocycles. The minimum atomic E-state index is 0.00495. The number of piperazine rings is 1. The summed E-state index contributed by atoms with van der Waals surface area (Å²) in [6.45, 7) is 5.53. The fraction of sp³-hybridized carbons (Fsp3) is 0.333. The van der Waals surface area contributed by atoms with Crippen molar-refractivity contribution >= 4 is 28.8 Å². The van der Waals surface area contributed by atoms with Gasteiger partial charge in [-0.25, -0.2) is 4.98 Å². The van der Waals surface area contributed by atoms with Crippen LogP contribution in [0, 0.1) is 6.92 Å². The highest BCUT2D eigenvalue weighted by Crippen LogP contribution is 2.29. The largest absolute Gasteiger partial charge is 0.334 e. The van der Waals surface area contributed by atoms with Crippen LogP contribution in [0.15, 0.2) is 54.0 Å². The minimum Gasteiger partial charge on any atom is -0.334 e. The standard InChI is InChI=1S/C24H25N5O2S/c1-17-4-2-7-21(26-17)18-5-3-6-19(14-18)29-16-20(15-22(29)30)27-9-11-28(12-10-27)24(31)23-25-8-13-32-23/h2-8,13-14,20H,9-12,15-16H2,1H3. The molecule has 2 amide bonds. The van der Waals surface area contributed by atoms with Gasteiger partial charge in [-0.05, 0) is 31.2 Å². The maximum absolute atomic E-state index is 12.9. The number of carbonyl (C=O) groups is 2. The molecule has 3 aromatic rings. The van der Waals surface area contributed by atoms with Gasteiger partial charge in [0.25, 0.3) is 5.91 Å². The van der Waals surface area contributed by atoms with Crippen LogP contribution in [-0.4, -0.2) is 70.3 Å². The Morgan fingerprint density at radius 2 is 1.91 bits per heavy atom. The topological polar surface area (TPSA) is 69.6 Å². The number of hydrogen-bond donors (Lipinski definition) is 0. The van der Waals surface area contributed by atoms with E-state index in [1.807, 2.05) is 64.6 Å². The van der Waals surface area contributed by atoms with Gasteiger partial charge in [-0.3, -0.25) is 19.5 Å². The quantitative estimate of drug-likeness (QED) is 0.615. The molecule has 4 heterocycles. The second-order valence-electron chi connectivity index (χ2n) is 8.24. The van der Waals surface area contributed by atoms with E-state index in [2.05, 4.69) is 14.9 Å². The third-order valence-corrected chi connectivity index (χ3v) is 6.94. The van der Waals surface area contributed by atoms with E-state index in [1.54, 1.807) is 6.20 Å². The first-order valence-electron chi connectivity index (χ1n) is 10.9. The van der Waals surface area contributed by atoms with Gasteiger partial charge in [0, 0.05) is 73.7 Å². The zero-order valence-corrected chi connectivity index (χ0v) is 18.8. The normalized spacial score (nSPS) is 19.5. The van der Waals surface area contributed by atoms with Crippen LogP contribution in [0.4, 0.5) is 5.69 Å². The summed E-state index contributed by atoms with van der Waals surface area (Å²) in [6, 6.07) is 14.2. The molecule has 2 aliphatic heterocycles. The van der Waals surface area contributed by atoms with Gasteiger partial charge in [0.2, 0.25) is 5.91 Å². The SMILES string of the molecule is Cc1cccc(-c2cccc(N3CC(N4CCN(C(=O)c5nccs5)CC4)CC3=O)c2)n1. The summed E-state index contributed by atoms with van der Waals surface area (Å²) >= 11 is 1.38. The van der Waals surface area contributed by atoms with Crippen molar-refractivity contribution in [3.8, 4) is 11.3 Å². The molecule has 0 N–H and O–H groups in total. The van der Waals surface area contributed by atoms with Crippen LogP contribution < -0.4 is 4.90 Å². The molecule has 0 aliphatic carbocycles. The lowest BCUT2D eigenvalue weighted by Gasteiger charge is -2.37. The number of anilines is 1. The molecular formula is C24H25N5O2S. The summed E-state index contributed by atoms with van der Waals surface area (Å²) in [5, 5.41) is 2.37. The molecule has 2 aliphatic rings. The number of benzene rings is 1. The summed E-state index contributed by atoms with van der Waals surface area (Å²) in [7, 11) is 0. The molecule has 164 valence electrons. The van der Waals surface area contributed by atoms with Gasteiger partial charge < -0.3 is 9.80 Å². The number of thiazole rings is 1. The third-order valence-electron chi connectivity index (χ3n) is 6.18. The summed E-state index contributed by atoms with van der Waals surface area (Å²) in [4.78, 5) is 40.2. The zero-order chi connectivity index (χ0) is 22.1. The lowest BCUT2D eigenvalue weighted by atomic mass is 10.1. The van der Waals surface area contributed by atoms with Crippen molar-refractivity contribution in [1.82, 2.24) is 19.8 Å². The fourth-order valence-electron chi connectivity index (χ4n) is 4.47. The van der Waals surface area contributed by atoms with E-state index < -0.39 is 0 Å². The molecule has 0 spiro atoms. The van der Waals surface area contributed by atoms with Gasteiger partial charge in [0.15, 0.2) is 5.01 Å². The highest BCUT2D eigenvalue weighted by atomic mass is 32.1. The molecule has 0 radical (unpaired) electrons. The second-order valence-corrected chi connectivity index (χ2v) is 9.14. The molecule has 2 aromatic heterocycles. The molecular weight excluding hydrogens is 422 g/mol. The number of nitrogens with zero attached hydrogens (tertiary/aromatic N) is 5. The Morgan fingerprint density at radius 3 is 2.66 bits per heavy atom. The first-order chi connectivity index (χ1) is 15.6. The maximum Gasteiger partial charge on any atom is 0.282 e. The number of aromatic nitrogens is 2. The third kappa shape index (κ3) is 4.16. The van der Waals surface area contributed by atoms with Crippen molar-refractivity contribution in [2.45, 2.75) is 19.4 Å². The minimum absolute atomic E-state index is 0.00495. The highest BCUT2D eigenvalue weighted by molar-refractivity contribution is 7.11. The van der Waals surface area contributed by atoms with Crippen molar-refractivity contribution in [3.05, 3.63) is 64.7 Å². The molecule has 0 bridgehead atoms. The first-order valence-corrected chi connectivity index (χ1v) is 11.7. The monoisotopic (exact) mass is 447 g/mol. The molecule has 2 saturated heterocycles. The molecule has 32 heavy (non-hydrogen) atoms. The van der Waals surface area contributed by atoms with Gasteiger partial charge in [0.1, 0.15) is 0 Å². The lowest BCUT2D eigenvalue weighted by Crippen LogP contribution is -2.52.